The highest BCUT2D eigenvalue weighted by atomic mass is 79.9. The van der Waals surface area contributed by atoms with Gasteiger partial charge in [-0.2, -0.15) is 0 Å². The second kappa shape index (κ2) is 5.39. The van der Waals surface area contributed by atoms with Crippen LogP contribution >= 0.6 is 15.9 Å². The first-order valence-electron chi connectivity index (χ1n) is 5.43. The molecule has 0 aliphatic rings. The molecule has 8 nitrogen and oxygen atoms in total. The van der Waals surface area contributed by atoms with Gasteiger partial charge in [0, 0.05) is 32.0 Å². The SMILES string of the molecule is CC(Cn1ccnc1)NS(=O)(=O)c1c(Br)nnn1C. The third kappa shape index (κ3) is 3.19. The van der Waals surface area contributed by atoms with Gasteiger partial charge in [-0.1, -0.05) is 5.21 Å². The Morgan fingerprint density at radius 3 is 2.79 bits per heavy atom. The summed E-state index contributed by atoms with van der Waals surface area (Å²) in [6.07, 6.45) is 5.04. The van der Waals surface area contributed by atoms with Crippen molar-refractivity contribution in [3.8, 4) is 0 Å². The topological polar surface area (TPSA) is 94.7 Å². The number of aromatic nitrogens is 5. The molecule has 104 valence electrons. The molecule has 0 bridgehead atoms. The van der Waals surface area contributed by atoms with Gasteiger partial charge in [-0.25, -0.2) is 22.8 Å². The minimum atomic E-state index is -3.67. The normalized spacial score (nSPS) is 13.6. The van der Waals surface area contributed by atoms with E-state index >= 15 is 0 Å². The molecule has 1 atom stereocenters. The number of nitrogens with one attached hydrogen (secondary N) is 1. The van der Waals surface area contributed by atoms with E-state index in [2.05, 4.69) is 35.9 Å². The molecule has 1 N–H and O–H groups in total. The van der Waals surface area contributed by atoms with Gasteiger partial charge in [-0.3, -0.25) is 0 Å². The van der Waals surface area contributed by atoms with Gasteiger partial charge in [0.1, 0.15) is 0 Å². The van der Waals surface area contributed by atoms with Crippen molar-refractivity contribution in [2.75, 3.05) is 0 Å². The van der Waals surface area contributed by atoms with Crippen LogP contribution < -0.4 is 4.72 Å². The molecule has 2 aromatic rings. The predicted octanol–water partition coefficient (Wildman–Crippen LogP) is 0.141. The first-order chi connectivity index (χ1) is 8.90. The van der Waals surface area contributed by atoms with Crippen LogP contribution in [0.15, 0.2) is 28.4 Å². The lowest BCUT2D eigenvalue weighted by Gasteiger charge is -2.14. The van der Waals surface area contributed by atoms with Crippen LogP contribution in [0, 0.1) is 0 Å². The number of aryl methyl sites for hydroxylation is 1. The van der Waals surface area contributed by atoms with Gasteiger partial charge in [0.2, 0.25) is 5.03 Å². The lowest BCUT2D eigenvalue weighted by atomic mass is 10.4. The number of nitrogens with zero attached hydrogens (tertiary/aromatic N) is 5. The van der Waals surface area contributed by atoms with Crippen molar-refractivity contribution >= 4 is 26.0 Å². The van der Waals surface area contributed by atoms with Crippen LogP contribution in [0.4, 0.5) is 0 Å². The highest BCUT2D eigenvalue weighted by Crippen LogP contribution is 2.17. The van der Waals surface area contributed by atoms with Gasteiger partial charge in [0.15, 0.2) is 4.60 Å². The zero-order valence-electron chi connectivity index (χ0n) is 10.4. The van der Waals surface area contributed by atoms with Crippen LogP contribution in [0.5, 0.6) is 0 Å². The van der Waals surface area contributed by atoms with E-state index in [-0.39, 0.29) is 15.7 Å². The number of sulfonamides is 1. The molecule has 0 aliphatic carbocycles. The summed E-state index contributed by atoms with van der Waals surface area (Å²) in [5.41, 5.74) is 0. The number of rotatable bonds is 5. The van der Waals surface area contributed by atoms with Gasteiger partial charge >= 0.3 is 0 Å². The molecule has 0 fully saturated rings. The van der Waals surface area contributed by atoms with Gasteiger partial charge in [-0.15, -0.1) is 5.10 Å². The lowest BCUT2D eigenvalue weighted by Crippen LogP contribution is -2.36. The summed E-state index contributed by atoms with van der Waals surface area (Å²) >= 11 is 3.07. The fourth-order valence-corrected chi connectivity index (χ4v) is 4.01. The molecule has 0 radical (unpaired) electrons. The zero-order chi connectivity index (χ0) is 14.0. The van der Waals surface area contributed by atoms with Crippen molar-refractivity contribution < 1.29 is 8.42 Å². The average Bonchev–Trinajstić information content (AvgIpc) is 2.88. The Morgan fingerprint density at radius 1 is 1.53 bits per heavy atom. The molecule has 2 heterocycles. The van der Waals surface area contributed by atoms with E-state index in [9.17, 15) is 8.42 Å². The summed E-state index contributed by atoms with van der Waals surface area (Å²) in [6.45, 7) is 2.26. The predicted molar refractivity (Wildman–Crippen MR) is 70.7 cm³/mol. The lowest BCUT2D eigenvalue weighted by molar-refractivity contribution is 0.511. The molecule has 19 heavy (non-hydrogen) atoms. The van der Waals surface area contributed by atoms with Crippen molar-refractivity contribution in [2.45, 2.75) is 24.5 Å². The quantitative estimate of drug-likeness (QED) is 0.829. The highest BCUT2D eigenvalue weighted by Gasteiger charge is 2.25. The first kappa shape index (κ1) is 14.2. The molecule has 10 heteroatoms. The second-order valence-corrected chi connectivity index (χ2v) is 6.47. The third-order valence-electron chi connectivity index (χ3n) is 2.39. The summed E-state index contributed by atoms with van der Waals surface area (Å²) in [5.74, 6) is 0. The minimum Gasteiger partial charge on any atom is -0.336 e. The molecule has 1 unspecified atom stereocenters. The molecule has 0 aliphatic heterocycles. The van der Waals surface area contributed by atoms with Crippen LogP contribution in [0.1, 0.15) is 6.92 Å². The van der Waals surface area contributed by atoms with E-state index in [1.165, 1.54) is 11.7 Å². The third-order valence-corrected chi connectivity index (χ3v) is 4.87. The average molecular weight is 349 g/mol. The summed E-state index contributed by atoms with van der Waals surface area (Å²) in [5, 5.41) is 7.32. The fourth-order valence-electron chi connectivity index (χ4n) is 1.68. The van der Waals surface area contributed by atoms with E-state index < -0.39 is 10.0 Å². The number of hydrogen-bond donors (Lipinski definition) is 1. The van der Waals surface area contributed by atoms with Gasteiger partial charge in [0.25, 0.3) is 10.0 Å². The van der Waals surface area contributed by atoms with E-state index in [4.69, 9.17) is 0 Å². The molecular formula is C9H13BrN6O2S. The Hall–Kier alpha value is -1.26. The highest BCUT2D eigenvalue weighted by molar-refractivity contribution is 9.10. The fraction of sp³-hybridized carbons (Fsp3) is 0.444. The van der Waals surface area contributed by atoms with Crippen molar-refractivity contribution in [1.29, 1.82) is 0 Å². The van der Waals surface area contributed by atoms with E-state index in [0.29, 0.717) is 6.54 Å². The molecule has 0 spiro atoms. The maximum absolute atomic E-state index is 12.2. The Morgan fingerprint density at radius 2 is 2.26 bits per heavy atom. The number of hydrogen-bond acceptors (Lipinski definition) is 5. The van der Waals surface area contributed by atoms with Crippen molar-refractivity contribution in [3.63, 3.8) is 0 Å². The largest absolute Gasteiger partial charge is 0.336 e. The molecule has 0 saturated carbocycles. The van der Waals surface area contributed by atoms with Crippen molar-refractivity contribution in [1.82, 2.24) is 29.3 Å². The molecule has 2 rings (SSSR count). The summed E-state index contributed by atoms with van der Waals surface area (Å²) < 4.78 is 30.2. The van der Waals surface area contributed by atoms with Crippen molar-refractivity contribution in [2.24, 2.45) is 7.05 Å². The summed E-state index contributed by atoms with van der Waals surface area (Å²) in [6, 6.07) is -0.291. The minimum absolute atomic E-state index is 0.00461. The Bertz CT molecular complexity index is 631. The molecular weight excluding hydrogens is 336 g/mol. The Balaban J connectivity index is 2.13. The molecule has 0 aromatic carbocycles. The summed E-state index contributed by atoms with van der Waals surface area (Å²) in [4.78, 5) is 3.90. The van der Waals surface area contributed by atoms with E-state index in [1.807, 2.05) is 0 Å². The standard InChI is InChI=1S/C9H13BrN6O2S/c1-7(5-16-4-3-11-6-16)13-19(17,18)9-8(10)12-14-15(9)2/h3-4,6-7,13H,5H2,1-2H3. The maximum Gasteiger partial charge on any atom is 0.260 e. The zero-order valence-corrected chi connectivity index (χ0v) is 12.8. The molecule has 0 amide bonds. The second-order valence-electron chi connectivity index (χ2n) is 4.09. The van der Waals surface area contributed by atoms with Crippen LogP contribution in [0.25, 0.3) is 0 Å². The first-order valence-corrected chi connectivity index (χ1v) is 7.71. The Kier molecular flexibility index (Phi) is 4.02. The van der Waals surface area contributed by atoms with Crippen molar-refractivity contribution in [3.05, 3.63) is 23.3 Å². The van der Waals surface area contributed by atoms with Crippen LogP contribution in [0.2, 0.25) is 0 Å². The molecule has 0 saturated heterocycles. The van der Waals surface area contributed by atoms with Crippen LogP contribution in [-0.2, 0) is 23.6 Å². The number of imidazole rings is 1. The van der Waals surface area contributed by atoms with Gasteiger partial charge in [0.05, 0.1) is 6.33 Å². The Labute approximate surface area is 119 Å². The number of halogens is 1. The van der Waals surface area contributed by atoms with E-state index in [1.54, 1.807) is 30.2 Å². The van der Waals surface area contributed by atoms with E-state index in [0.717, 1.165) is 0 Å². The monoisotopic (exact) mass is 348 g/mol. The smallest absolute Gasteiger partial charge is 0.260 e. The summed E-state index contributed by atoms with van der Waals surface area (Å²) in [7, 11) is -2.15. The van der Waals surface area contributed by atoms with Gasteiger partial charge < -0.3 is 4.57 Å². The molecule has 2 aromatic heterocycles. The van der Waals surface area contributed by atoms with Crippen LogP contribution in [-0.4, -0.2) is 39.0 Å². The maximum atomic E-state index is 12.2. The van der Waals surface area contributed by atoms with Crippen LogP contribution in [0.3, 0.4) is 0 Å². The van der Waals surface area contributed by atoms with Gasteiger partial charge in [-0.05, 0) is 22.9 Å².